The van der Waals surface area contributed by atoms with Gasteiger partial charge in [-0.25, -0.2) is 0 Å². The Morgan fingerprint density at radius 3 is 2.94 bits per heavy atom. The number of likely N-dealkylation sites (N-methyl/N-ethyl adjacent to an activating group) is 1. The number of nitrogens with zero attached hydrogens (tertiary/aromatic N) is 1. The van der Waals surface area contributed by atoms with Gasteiger partial charge in [0.25, 0.3) is 5.91 Å². The van der Waals surface area contributed by atoms with Gasteiger partial charge in [-0.3, -0.25) is 4.79 Å². The first-order valence-electron chi connectivity index (χ1n) is 5.83. The van der Waals surface area contributed by atoms with E-state index in [1.807, 2.05) is 18.2 Å². The average molecular weight is 234 g/mol. The zero-order valence-corrected chi connectivity index (χ0v) is 10.5. The summed E-state index contributed by atoms with van der Waals surface area (Å²) in [4.78, 5) is 13.2. The van der Waals surface area contributed by atoms with E-state index in [2.05, 4.69) is 19.2 Å². The molecule has 1 heterocycles. The van der Waals surface area contributed by atoms with Crippen molar-refractivity contribution in [3.8, 4) is 5.75 Å². The third-order valence-corrected chi connectivity index (χ3v) is 2.82. The molecule has 92 valence electrons. The summed E-state index contributed by atoms with van der Waals surface area (Å²) in [5.74, 6) is 0.770. The molecule has 0 saturated heterocycles. The molecule has 0 aliphatic carbocycles. The molecule has 2 rings (SSSR count). The number of hydrogen-bond donors (Lipinski definition) is 1. The van der Waals surface area contributed by atoms with Crippen LogP contribution in [0.25, 0.3) is 0 Å². The van der Waals surface area contributed by atoms with Crippen molar-refractivity contribution in [1.29, 1.82) is 0 Å². The predicted octanol–water partition coefficient (Wildman–Crippen LogP) is 1.54. The molecule has 0 aromatic heterocycles. The van der Waals surface area contributed by atoms with Gasteiger partial charge in [-0.2, -0.15) is 0 Å². The second-order valence-electron chi connectivity index (χ2n) is 4.58. The van der Waals surface area contributed by atoms with Crippen molar-refractivity contribution in [2.45, 2.75) is 26.4 Å². The smallest absolute Gasteiger partial charge is 0.264 e. The molecular weight excluding hydrogens is 216 g/mol. The van der Waals surface area contributed by atoms with Gasteiger partial charge in [0, 0.05) is 19.6 Å². The third-order valence-electron chi connectivity index (χ3n) is 2.82. The van der Waals surface area contributed by atoms with E-state index in [1.165, 1.54) is 0 Å². The van der Waals surface area contributed by atoms with E-state index in [-0.39, 0.29) is 12.5 Å². The van der Waals surface area contributed by atoms with E-state index in [1.54, 1.807) is 11.9 Å². The van der Waals surface area contributed by atoms with Crippen LogP contribution in [0.3, 0.4) is 0 Å². The predicted molar refractivity (Wildman–Crippen MR) is 67.3 cm³/mol. The number of benzene rings is 1. The van der Waals surface area contributed by atoms with Gasteiger partial charge in [0.2, 0.25) is 0 Å². The monoisotopic (exact) mass is 234 g/mol. The molecule has 0 unspecified atom stereocenters. The molecule has 4 nitrogen and oxygen atoms in total. The number of fused-ring (bicyclic) bond motifs is 1. The van der Waals surface area contributed by atoms with Crippen molar-refractivity contribution >= 4 is 11.6 Å². The summed E-state index contributed by atoms with van der Waals surface area (Å²) in [5.41, 5.74) is 2.01. The van der Waals surface area contributed by atoms with Crippen molar-refractivity contribution in [1.82, 2.24) is 5.32 Å². The number of ether oxygens (including phenoxy) is 1. The largest absolute Gasteiger partial charge is 0.482 e. The summed E-state index contributed by atoms with van der Waals surface area (Å²) in [6.07, 6.45) is 0. The molecule has 17 heavy (non-hydrogen) atoms. The average Bonchev–Trinajstić information content (AvgIpc) is 2.31. The molecule has 1 aromatic carbocycles. The minimum absolute atomic E-state index is 0.00790. The van der Waals surface area contributed by atoms with Crippen LogP contribution in [0.5, 0.6) is 5.75 Å². The molecule has 1 aliphatic heterocycles. The highest BCUT2D eigenvalue weighted by Gasteiger charge is 2.22. The SMILES string of the molecule is CC(C)NCc1ccc2c(c1)N(C)C(=O)CO2. The lowest BCUT2D eigenvalue weighted by atomic mass is 10.1. The summed E-state index contributed by atoms with van der Waals surface area (Å²) < 4.78 is 5.38. The third kappa shape index (κ3) is 2.58. The number of carbonyl (C=O) groups excluding carboxylic acids is 1. The molecule has 1 N–H and O–H groups in total. The van der Waals surface area contributed by atoms with Crippen LogP contribution >= 0.6 is 0 Å². The Kier molecular flexibility index (Phi) is 3.33. The van der Waals surface area contributed by atoms with Crippen molar-refractivity contribution in [2.24, 2.45) is 0 Å². The maximum atomic E-state index is 11.5. The van der Waals surface area contributed by atoms with E-state index in [9.17, 15) is 4.79 Å². The summed E-state index contributed by atoms with van der Waals surface area (Å²) in [5, 5.41) is 3.35. The number of anilines is 1. The molecule has 0 spiro atoms. The molecule has 0 saturated carbocycles. The quantitative estimate of drug-likeness (QED) is 0.862. The van der Waals surface area contributed by atoms with Gasteiger partial charge < -0.3 is 15.0 Å². The molecule has 1 aromatic rings. The summed E-state index contributed by atoms with van der Waals surface area (Å²) in [7, 11) is 1.78. The Morgan fingerprint density at radius 1 is 1.47 bits per heavy atom. The Morgan fingerprint density at radius 2 is 2.24 bits per heavy atom. The molecule has 1 aliphatic rings. The van der Waals surface area contributed by atoms with Gasteiger partial charge in [0.05, 0.1) is 5.69 Å². The van der Waals surface area contributed by atoms with Crippen molar-refractivity contribution < 1.29 is 9.53 Å². The zero-order valence-electron chi connectivity index (χ0n) is 10.5. The molecule has 4 heteroatoms. The van der Waals surface area contributed by atoms with Crippen molar-refractivity contribution in [3.05, 3.63) is 23.8 Å². The van der Waals surface area contributed by atoms with Crippen molar-refractivity contribution in [3.63, 3.8) is 0 Å². The fraction of sp³-hybridized carbons (Fsp3) is 0.462. The van der Waals surface area contributed by atoms with E-state index in [0.717, 1.165) is 23.5 Å². The zero-order chi connectivity index (χ0) is 12.4. The molecule has 0 radical (unpaired) electrons. The number of carbonyl (C=O) groups is 1. The van der Waals surface area contributed by atoms with Crippen LogP contribution < -0.4 is 15.0 Å². The second kappa shape index (κ2) is 4.75. The number of rotatable bonds is 3. The van der Waals surface area contributed by atoms with Gasteiger partial charge in [0.15, 0.2) is 6.61 Å². The number of amides is 1. The Bertz CT molecular complexity index is 429. The molecule has 0 atom stereocenters. The van der Waals surface area contributed by atoms with E-state index < -0.39 is 0 Å². The lowest BCUT2D eigenvalue weighted by molar-refractivity contribution is -0.120. The Balaban J connectivity index is 2.20. The van der Waals surface area contributed by atoms with Crippen LogP contribution in [0.1, 0.15) is 19.4 Å². The maximum absolute atomic E-state index is 11.5. The Labute approximate surface area is 102 Å². The highest BCUT2D eigenvalue weighted by Crippen LogP contribution is 2.31. The fourth-order valence-corrected chi connectivity index (χ4v) is 1.75. The second-order valence-corrected chi connectivity index (χ2v) is 4.58. The topological polar surface area (TPSA) is 41.6 Å². The molecule has 0 fully saturated rings. The highest BCUT2D eigenvalue weighted by molar-refractivity contribution is 5.97. The fourth-order valence-electron chi connectivity index (χ4n) is 1.75. The van der Waals surface area contributed by atoms with Crippen LogP contribution in [0.15, 0.2) is 18.2 Å². The lowest BCUT2D eigenvalue weighted by Crippen LogP contribution is -2.35. The standard InChI is InChI=1S/C13H18N2O2/c1-9(2)14-7-10-4-5-12-11(6-10)15(3)13(16)8-17-12/h4-6,9,14H,7-8H2,1-3H3. The van der Waals surface area contributed by atoms with E-state index in [4.69, 9.17) is 4.74 Å². The maximum Gasteiger partial charge on any atom is 0.264 e. The minimum atomic E-state index is -0.00790. The summed E-state index contributed by atoms with van der Waals surface area (Å²) >= 11 is 0. The van der Waals surface area contributed by atoms with Gasteiger partial charge in [-0.05, 0) is 17.7 Å². The molecule has 0 bridgehead atoms. The van der Waals surface area contributed by atoms with Crippen LogP contribution in [0.2, 0.25) is 0 Å². The van der Waals surface area contributed by atoms with Crippen LogP contribution in [-0.4, -0.2) is 25.6 Å². The first-order chi connectivity index (χ1) is 8.08. The first-order valence-corrected chi connectivity index (χ1v) is 5.83. The number of hydrogen-bond acceptors (Lipinski definition) is 3. The van der Waals surface area contributed by atoms with E-state index >= 15 is 0 Å². The number of nitrogens with one attached hydrogen (secondary N) is 1. The molecule has 1 amide bonds. The minimum Gasteiger partial charge on any atom is -0.482 e. The lowest BCUT2D eigenvalue weighted by Gasteiger charge is -2.26. The summed E-state index contributed by atoms with van der Waals surface area (Å²) in [6, 6.07) is 6.40. The van der Waals surface area contributed by atoms with Crippen LogP contribution in [0.4, 0.5) is 5.69 Å². The van der Waals surface area contributed by atoms with Gasteiger partial charge in [-0.1, -0.05) is 19.9 Å². The highest BCUT2D eigenvalue weighted by atomic mass is 16.5. The van der Waals surface area contributed by atoms with Crippen molar-refractivity contribution in [2.75, 3.05) is 18.6 Å². The van der Waals surface area contributed by atoms with Gasteiger partial charge >= 0.3 is 0 Å². The first kappa shape index (κ1) is 11.9. The van der Waals surface area contributed by atoms with Crippen LogP contribution in [0, 0.1) is 0 Å². The normalized spacial score (nSPS) is 14.8. The van der Waals surface area contributed by atoms with E-state index in [0.29, 0.717) is 6.04 Å². The Hall–Kier alpha value is -1.55. The van der Waals surface area contributed by atoms with Gasteiger partial charge in [0.1, 0.15) is 5.75 Å². The molecular formula is C13H18N2O2. The van der Waals surface area contributed by atoms with Crippen LogP contribution in [-0.2, 0) is 11.3 Å². The van der Waals surface area contributed by atoms with Gasteiger partial charge in [-0.15, -0.1) is 0 Å². The summed E-state index contributed by atoms with van der Waals surface area (Å²) in [6.45, 7) is 5.15.